The molecule has 0 aromatic carbocycles. The van der Waals surface area contributed by atoms with E-state index >= 15 is 0 Å². The molecule has 0 aliphatic rings. The van der Waals surface area contributed by atoms with Crippen molar-refractivity contribution in [1.29, 1.82) is 0 Å². The third-order valence-corrected chi connectivity index (χ3v) is 4.28. The van der Waals surface area contributed by atoms with Gasteiger partial charge in [0.1, 0.15) is 11.7 Å². The van der Waals surface area contributed by atoms with Gasteiger partial charge >= 0.3 is 0 Å². The molecule has 0 spiro atoms. The van der Waals surface area contributed by atoms with Gasteiger partial charge < -0.3 is 5.32 Å². The first kappa shape index (κ1) is 17.4. The van der Waals surface area contributed by atoms with Gasteiger partial charge in [0.25, 0.3) is 6.43 Å². The molecule has 0 aliphatic carbocycles. The van der Waals surface area contributed by atoms with E-state index < -0.39 is 18.2 Å². The molecule has 0 saturated carbocycles. The van der Waals surface area contributed by atoms with Crippen LogP contribution in [-0.4, -0.2) is 25.5 Å². The number of carbonyl (C=O) groups excluding carboxylic acids is 1. The van der Waals surface area contributed by atoms with Crippen LogP contribution in [0, 0.1) is 20.8 Å². The second-order valence-electron chi connectivity index (χ2n) is 5.36. The van der Waals surface area contributed by atoms with Crippen molar-refractivity contribution >= 4 is 23.2 Å². The molecule has 1 N–H and O–H groups in total. The standard InChI is InChI=1S/C14H18ClF2N5O/c1-6-11(8(3)21(5)19-6)18-14(23)9(4)22-7(2)10(15)12(20-22)13(16)17/h9,13H,1-5H3,(H,18,23). The summed E-state index contributed by atoms with van der Waals surface area (Å²) in [6.45, 7) is 6.72. The van der Waals surface area contributed by atoms with Crippen LogP contribution < -0.4 is 5.32 Å². The predicted molar refractivity (Wildman–Crippen MR) is 83.0 cm³/mol. The molecule has 1 unspecified atom stereocenters. The fourth-order valence-electron chi connectivity index (χ4n) is 2.33. The Morgan fingerprint density at radius 1 is 1.22 bits per heavy atom. The smallest absolute Gasteiger partial charge is 0.283 e. The largest absolute Gasteiger partial charge is 0.321 e. The van der Waals surface area contributed by atoms with Crippen molar-refractivity contribution in [1.82, 2.24) is 19.6 Å². The zero-order valence-electron chi connectivity index (χ0n) is 13.5. The number of carbonyl (C=O) groups is 1. The van der Waals surface area contributed by atoms with Crippen LogP contribution in [0.25, 0.3) is 0 Å². The number of hydrogen-bond donors (Lipinski definition) is 1. The predicted octanol–water partition coefficient (Wildman–Crippen LogP) is 3.33. The van der Waals surface area contributed by atoms with E-state index in [2.05, 4.69) is 15.5 Å². The molecule has 0 fully saturated rings. The highest BCUT2D eigenvalue weighted by Gasteiger charge is 2.26. The fraction of sp³-hybridized carbons (Fsp3) is 0.500. The number of nitrogens with one attached hydrogen (secondary N) is 1. The third kappa shape index (κ3) is 3.08. The average molecular weight is 346 g/mol. The molecular weight excluding hydrogens is 328 g/mol. The van der Waals surface area contributed by atoms with E-state index in [1.807, 2.05) is 6.92 Å². The number of aromatic nitrogens is 4. The molecule has 2 aromatic rings. The summed E-state index contributed by atoms with van der Waals surface area (Å²) in [5.41, 5.74) is 1.89. The molecule has 2 heterocycles. The van der Waals surface area contributed by atoms with Crippen molar-refractivity contribution in [2.75, 3.05) is 5.32 Å². The van der Waals surface area contributed by atoms with Crippen LogP contribution in [0.5, 0.6) is 0 Å². The summed E-state index contributed by atoms with van der Waals surface area (Å²) in [5, 5.41) is 10.6. The lowest BCUT2D eigenvalue weighted by Crippen LogP contribution is -2.25. The van der Waals surface area contributed by atoms with Gasteiger partial charge in [-0.25, -0.2) is 8.78 Å². The van der Waals surface area contributed by atoms with Crippen molar-refractivity contribution in [2.45, 2.75) is 40.2 Å². The number of aryl methyl sites for hydroxylation is 2. The number of amides is 1. The van der Waals surface area contributed by atoms with E-state index in [0.29, 0.717) is 17.1 Å². The summed E-state index contributed by atoms with van der Waals surface area (Å²) in [4.78, 5) is 12.4. The van der Waals surface area contributed by atoms with Crippen molar-refractivity contribution in [3.05, 3.63) is 27.8 Å². The molecule has 1 atom stereocenters. The summed E-state index contributed by atoms with van der Waals surface area (Å²) >= 11 is 5.86. The van der Waals surface area contributed by atoms with Crippen LogP contribution >= 0.6 is 11.6 Å². The second-order valence-corrected chi connectivity index (χ2v) is 5.74. The lowest BCUT2D eigenvalue weighted by Gasteiger charge is -2.14. The van der Waals surface area contributed by atoms with Gasteiger partial charge in [-0.05, 0) is 27.7 Å². The summed E-state index contributed by atoms with van der Waals surface area (Å²) in [6, 6.07) is -0.793. The second kappa shape index (κ2) is 6.27. The summed E-state index contributed by atoms with van der Waals surface area (Å²) in [6.07, 6.45) is -2.79. The number of rotatable bonds is 4. The Labute approximate surface area is 137 Å². The first-order chi connectivity index (χ1) is 10.6. The topological polar surface area (TPSA) is 64.7 Å². The van der Waals surface area contributed by atoms with Gasteiger partial charge in [-0.2, -0.15) is 10.2 Å². The summed E-state index contributed by atoms with van der Waals surface area (Å²) < 4.78 is 28.6. The molecule has 9 heteroatoms. The minimum atomic E-state index is -2.79. The van der Waals surface area contributed by atoms with E-state index in [4.69, 9.17) is 11.6 Å². The van der Waals surface area contributed by atoms with Crippen LogP contribution in [0.3, 0.4) is 0 Å². The van der Waals surface area contributed by atoms with Crippen molar-refractivity contribution in [3.8, 4) is 0 Å². The Bertz CT molecular complexity index is 753. The number of nitrogens with zero attached hydrogens (tertiary/aromatic N) is 4. The summed E-state index contributed by atoms with van der Waals surface area (Å²) in [5.74, 6) is -0.382. The fourth-order valence-corrected chi connectivity index (χ4v) is 2.54. The summed E-state index contributed by atoms with van der Waals surface area (Å²) in [7, 11) is 1.77. The first-order valence-electron chi connectivity index (χ1n) is 6.98. The Balaban J connectivity index is 2.28. The van der Waals surface area contributed by atoms with E-state index in [-0.39, 0.29) is 10.9 Å². The monoisotopic (exact) mass is 345 g/mol. The van der Waals surface area contributed by atoms with Gasteiger partial charge in [0, 0.05) is 7.05 Å². The van der Waals surface area contributed by atoms with Gasteiger partial charge in [-0.3, -0.25) is 14.2 Å². The number of hydrogen-bond acceptors (Lipinski definition) is 3. The van der Waals surface area contributed by atoms with E-state index in [1.54, 1.807) is 32.5 Å². The van der Waals surface area contributed by atoms with Crippen LogP contribution in [0.1, 0.15) is 42.2 Å². The first-order valence-corrected chi connectivity index (χ1v) is 7.36. The average Bonchev–Trinajstić information content (AvgIpc) is 2.90. The molecule has 1 amide bonds. The maximum atomic E-state index is 12.9. The van der Waals surface area contributed by atoms with E-state index in [9.17, 15) is 13.6 Å². The number of anilines is 1. The molecule has 0 aliphatic heterocycles. The molecule has 23 heavy (non-hydrogen) atoms. The van der Waals surface area contributed by atoms with E-state index in [1.165, 1.54) is 4.68 Å². The van der Waals surface area contributed by atoms with Crippen LogP contribution in [-0.2, 0) is 11.8 Å². The maximum absolute atomic E-state index is 12.9. The lowest BCUT2D eigenvalue weighted by atomic mass is 10.2. The quantitative estimate of drug-likeness (QED) is 0.924. The van der Waals surface area contributed by atoms with Gasteiger partial charge in [0.05, 0.1) is 27.8 Å². The lowest BCUT2D eigenvalue weighted by molar-refractivity contribution is -0.119. The Morgan fingerprint density at radius 3 is 2.26 bits per heavy atom. The van der Waals surface area contributed by atoms with Crippen molar-refractivity contribution in [2.24, 2.45) is 7.05 Å². The van der Waals surface area contributed by atoms with Crippen LogP contribution in [0.15, 0.2) is 0 Å². The van der Waals surface area contributed by atoms with Crippen LogP contribution in [0.4, 0.5) is 14.5 Å². The Morgan fingerprint density at radius 2 is 1.83 bits per heavy atom. The highest BCUT2D eigenvalue weighted by molar-refractivity contribution is 6.31. The molecule has 0 bridgehead atoms. The maximum Gasteiger partial charge on any atom is 0.283 e. The zero-order chi connectivity index (χ0) is 17.5. The Hall–Kier alpha value is -1.96. The molecule has 0 radical (unpaired) electrons. The number of alkyl halides is 2. The van der Waals surface area contributed by atoms with Gasteiger partial charge in [-0.15, -0.1) is 0 Å². The molecule has 0 saturated heterocycles. The zero-order valence-corrected chi connectivity index (χ0v) is 14.2. The molecule has 2 aromatic heterocycles. The molecule has 2 rings (SSSR count). The molecule has 126 valence electrons. The molecule has 6 nitrogen and oxygen atoms in total. The van der Waals surface area contributed by atoms with Crippen molar-refractivity contribution in [3.63, 3.8) is 0 Å². The van der Waals surface area contributed by atoms with Gasteiger partial charge in [0.15, 0.2) is 0 Å². The Kier molecular flexibility index (Phi) is 4.74. The van der Waals surface area contributed by atoms with Crippen LogP contribution in [0.2, 0.25) is 5.02 Å². The minimum absolute atomic E-state index is 0.117. The SMILES string of the molecule is Cc1nn(C)c(C)c1NC(=O)C(C)n1nc(C(F)F)c(Cl)c1C. The van der Waals surface area contributed by atoms with Crippen molar-refractivity contribution < 1.29 is 13.6 Å². The number of halogens is 3. The van der Waals surface area contributed by atoms with Gasteiger partial charge in [0.2, 0.25) is 5.91 Å². The van der Waals surface area contributed by atoms with E-state index in [0.717, 1.165) is 5.69 Å². The van der Waals surface area contributed by atoms with Gasteiger partial charge in [-0.1, -0.05) is 11.6 Å². The highest BCUT2D eigenvalue weighted by atomic mass is 35.5. The minimum Gasteiger partial charge on any atom is -0.321 e. The highest BCUT2D eigenvalue weighted by Crippen LogP contribution is 2.30. The normalized spacial score (nSPS) is 12.7. The third-order valence-electron chi connectivity index (χ3n) is 3.81. The molecular formula is C14H18ClF2N5O.